The van der Waals surface area contributed by atoms with Crippen molar-refractivity contribution in [1.82, 2.24) is 10.2 Å². The third-order valence-corrected chi connectivity index (χ3v) is 4.02. The molecular weight excluding hydrogens is 344 g/mol. The minimum atomic E-state index is -0.926. The lowest BCUT2D eigenvalue weighted by atomic mass is 10.1. The monoisotopic (exact) mass is 362 g/mol. The predicted octanol–water partition coefficient (Wildman–Crippen LogP) is 3.16. The molecule has 0 radical (unpaired) electrons. The molecule has 20 heavy (non-hydrogen) atoms. The maximum absolute atomic E-state index is 11.4. The fraction of sp³-hybridized carbons (Fsp3) is 0.500. The van der Waals surface area contributed by atoms with Crippen molar-refractivity contribution in [3.05, 3.63) is 33.3 Å². The number of aliphatic carboxylic acids is 1. The van der Waals surface area contributed by atoms with E-state index in [1.165, 1.54) is 0 Å². The lowest BCUT2D eigenvalue weighted by molar-refractivity contribution is -0.139. The molecule has 0 fully saturated rings. The van der Waals surface area contributed by atoms with Crippen LogP contribution in [-0.2, 0) is 4.79 Å². The highest BCUT2D eigenvalue weighted by atomic mass is 79.9. The molecule has 1 atom stereocenters. The Morgan fingerprint density at radius 1 is 1.45 bits per heavy atom. The zero-order valence-electron chi connectivity index (χ0n) is 11.7. The van der Waals surface area contributed by atoms with Crippen LogP contribution in [0, 0.1) is 0 Å². The topological polar surface area (TPSA) is 52.6 Å². The summed E-state index contributed by atoms with van der Waals surface area (Å²) in [5, 5.41) is 12.9. The second-order valence-corrected chi connectivity index (χ2v) is 5.74. The van der Waals surface area contributed by atoms with Crippen LogP contribution in [0.25, 0.3) is 0 Å². The van der Waals surface area contributed by atoms with Crippen molar-refractivity contribution in [1.29, 1.82) is 0 Å². The molecule has 1 rings (SSSR count). The first-order valence-electron chi connectivity index (χ1n) is 6.63. The zero-order chi connectivity index (χ0) is 15.1. The molecule has 1 aromatic carbocycles. The number of benzene rings is 1. The Morgan fingerprint density at radius 3 is 2.65 bits per heavy atom. The lowest BCUT2D eigenvalue weighted by Crippen LogP contribution is -2.36. The first kappa shape index (κ1) is 17.4. The van der Waals surface area contributed by atoms with Crippen molar-refractivity contribution < 1.29 is 9.90 Å². The van der Waals surface area contributed by atoms with Gasteiger partial charge in [0.1, 0.15) is 6.04 Å². The normalized spacial score (nSPS) is 12.7. The van der Waals surface area contributed by atoms with Crippen molar-refractivity contribution in [3.8, 4) is 0 Å². The average molecular weight is 364 g/mol. The van der Waals surface area contributed by atoms with Gasteiger partial charge in [0.2, 0.25) is 0 Å². The molecule has 0 spiro atoms. The number of likely N-dealkylation sites (N-methyl/N-ethyl adjacent to an activating group) is 1. The van der Waals surface area contributed by atoms with Crippen LogP contribution in [0.4, 0.5) is 0 Å². The van der Waals surface area contributed by atoms with Gasteiger partial charge in [0.15, 0.2) is 0 Å². The molecule has 4 nitrogen and oxygen atoms in total. The molecule has 0 aliphatic carbocycles. The summed E-state index contributed by atoms with van der Waals surface area (Å²) < 4.78 is 0.814. The van der Waals surface area contributed by atoms with E-state index in [1.54, 1.807) is 18.2 Å². The van der Waals surface area contributed by atoms with Crippen LogP contribution in [0.1, 0.15) is 25.5 Å². The average Bonchev–Trinajstić information content (AvgIpc) is 2.42. The van der Waals surface area contributed by atoms with Crippen molar-refractivity contribution in [2.75, 3.05) is 26.2 Å². The number of carboxylic acid groups (broad SMARTS) is 1. The summed E-state index contributed by atoms with van der Waals surface area (Å²) in [5.74, 6) is -0.926. The third-order valence-electron chi connectivity index (χ3n) is 3.19. The Hall–Kier alpha value is -0.620. The van der Waals surface area contributed by atoms with Crippen LogP contribution >= 0.6 is 27.5 Å². The van der Waals surface area contributed by atoms with Crippen LogP contribution in [0.15, 0.2) is 22.7 Å². The van der Waals surface area contributed by atoms with Gasteiger partial charge < -0.3 is 10.0 Å². The molecule has 6 heteroatoms. The fourth-order valence-corrected chi connectivity index (χ4v) is 2.58. The van der Waals surface area contributed by atoms with E-state index in [0.717, 1.165) is 24.1 Å². The van der Waals surface area contributed by atoms with E-state index in [-0.39, 0.29) is 0 Å². The van der Waals surface area contributed by atoms with Crippen LogP contribution in [-0.4, -0.2) is 42.2 Å². The fourth-order valence-electron chi connectivity index (χ4n) is 1.97. The molecule has 0 saturated heterocycles. The minimum absolute atomic E-state index is 0.455. The molecule has 0 aliphatic rings. The van der Waals surface area contributed by atoms with Gasteiger partial charge in [-0.1, -0.05) is 41.4 Å². The van der Waals surface area contributed by atoms with Gasteiger partial charge in [-0.15, -0.1) is 0 Å². The Bertz CT molecular complexity index is 453. The molecule has 1 aromatic rings. The van der Waals surface area contributed by atoms with Crippen molar-refractivity contribution in [2.45, 2.75) is 19.9 Å². The van der Waals surface area contributed by atoms with E-state index in [2.05, 4.69) is 40.0 Å². The number of carbonyl (C=O) groups is 1. The van der Waals surface area contributed by atoms with E-state index < -0.39 is 12.0 Å². The number of nitrogens with zero attached hydrogens (tertiary/aromatic N) is 1. The first-order valence-corrected chi connectivity index (χ1v) is 7.80. The molecule has 0 amide bonds. The van der Waals surface area contributed by atoms with Gasteiger partial charge in [0.25, 0.3) is 0 Å². The number of halogens is 2. The summed E-state index contributed by atoms with van der Waals surface area (Å²) in [4.78, 5) is 13.7. The molecule has 1 unspecified atom stereocenters. The summed E-state index contributed by atoms with van der Waals surface area (Å²) in [6, 6.07) is 4.44. The molecule has 0 aromatic heterocycles. The Kier molecular flexibility index (Phi) is 7.51. The summed E-state index contributed by atoms with van der Waals surface area (Å²) in [7, 11) is 0. The quantitative estimate of drug-likeness (QED) is 0.745. The molecule has 0 aliphatic heterocycles. The Balaban J connectivity index is 2.75. The summed E-state index contributed by atoms with van der Waals surface area (Å²) >= 11 is 9.44. The number of nitrogens with one attached hydrogen (secondary N) is 1. The van der Waals surface area contributed by atoms with E-state index in [9.17, 15) is 9.90 Å². The van der Waals surface area contributed by atoms with Crippen molar-refractivity contribution in [2.24, 2.45) is 0 Å². The summed E-state index contributed by atoms with van der Waals surface area (Å²) in [5.41, 5.74) is 0.577. The van der Waals surface area contributed by atoms with Gasteiger partial charge in [-0.3, -0.25) is 10.1 Å². The second-order valence-electron chi connectivity index (χ2n) is 4.42. The molecular formula is C14H20BrClN2O2. The number of rotatable bonds is 8. The van der Waals surface area contributed by atoms with Gasteiger partial charge in [-0.2, -0.15) is 0 Å². The third kappa shape index (κ3) is 5.05. The highest BCUT2D eigenvalue weighted by molar-refractivity contribution is 9.10. The van der Waals surface area contributed by atoms with Gasteiger partial charge in [0, 0.05) is 22.6 Å². The van der Waals surface area contributed by atoms with Crippen LogP contribution in [0.2, 0.25) is 5.02 Å². The number of carboxylic acids is 1. The first-order chi connectivity index (χ1) is 9.49. The number of hydrogen-bond acceptors (Lipinski definition) is 3. The highest BCUT2D eigenvalue weighted by Gasteiger charge is 2.22. The summed E-state index contributed by atoms with van der Waals surface area (Å²) in [6.45, 7) is 7.48. The highest BCUT2D eigenvalue weighted by Crippen LogP contribution is 2.26. The number of hydrogen-bond donors (Lipinski definition) is 2. The lowest BCUT2D eigenvalue weighted by Gasteiger charge is -2.21. The second kappa shape index (κ2) is 8.62. The Labute approximate surface area is 133 Å². The van der Waals surface area contributed by atoms with Crippen LogP contribution < -0.4 is 5.32 Å². The smallest absolute Gasteiger partial charge is 0.325 e. The molecule has 0 saturated carbocycles. The van der Waals surface area contributed by atoms with E-state index in [0.29, 0.717) is 17.1 Å². The van der Waals surface area contributed by atoms with Crippen LogP contribution in [0.5, 0.6) is 0 Å². The van der Waals surface area contributed by atoms with Gasteiger partial charge in [-0.05, 0) is 36.9 Å². The van der Waals surface area contributed by atoms with Crippen molar-refractivity contribution in [3.63, 3.8) is 0 Å². The zero-order valence-corrected chi connectivity index (χ0v) is 14.0. The van der Waals surface area contributed by atoms with E-state index in [1.807, 2.05) is 0 Å². The molecule has 2 N–H and O–H groups in total. The largest absolute Gasteiger partial charge is 0.480 e. The van der Waals surface area contributed by atoms with Gasteiger partial charge in [-0.25, -0.2) is 0 Å². The standard InChI is InChI=1S/C14H20BrClN2O2/c1-3-18(4-2)8-7-17-13(14(19)20)11-9-10(15)5-6-12(11)16/h5-6,9,13,17H,3-4,7-8H2,1-2H3,(H,19,20). The van der Waals surface area contributed by atoms with E-state index >= 15 is 0 Å². The molecule has 0 heterocycles. The van der Waals surface area contributed by atoms with Gasteiger partial charge in [0.05, 0.1) is 0 Å². The van der Waals surface area contributed by atoms with Crippen molar-refractivity contribution >= 4 is 33.5 Å². The van der Waals surface area contributed by atoms with E-state index in [4.69, 9.17) is 11.6 Å². The Morgan fingerprint density at radius 2 is 2.10 bits per heavy atom. The maximum Gasteiger partial charge on any atom is 0.325 e. The molecule has 112 valence electrons. The summed E-state index contributed by atoms with van der Waals surface area (Å²) in [6.07, 6.45) is 0. The van der Waals surface area contributed by atoms with Gasteiger partial charge >= 0.3 is 5.97 Å². The predicted molar refractivity (Wildman–Crippen MR) is 85.3 cm³/mol. The SMILES string of the molecule is CCN(CC)CCNC(C(=O)O)c1cc(Br)ccc1Cl. The maximum atomic E-state index is 11.4. The minimum Gasteiger partial charge on any atom is -0.480 e. The molecule has 0 bridgehead atoms. The van der Waals surface area contributed by atoms with Crippen LogP contribution in [0.3, 0.4) is 0 Å².